The molecule has 3 aromatic rings. The first-order chi connectivity index (χ1) is 10.9. The highest BCUT2D eigenvalue weighted by molar-refractivity contribution is 6.35. The van der Waals surface area contributed by atoms with Crippen LogP contribution in [-0.2, 0) is 11.2 Å². The van der Waals surface area contributed by atoms with Crippen molar-refractivity contribution in [3.63, 3.8) is 0 Å². The van der Waals surface area contributed by atoms with E-state index < -0.39 is 0 Å². The Morgan fingerprint density at radius 3 is 2.61 bits per heavy atom. The minimum atomic E-state index is -0.144. The van der Waals surface area contributed by atoms with E-state index in [1.54, 1.807) is 18.2 Å². The number of imidazole rings is 1. The van der Waals surface area contributed by atoms with Gasteiger partial charge in [-0.3, -0.25) is 4.79 Å². The van der Waals surface area contributed by atoms with Gasteiger partial charge in [0, 0.05) is 21.9 Å². The van der Waals surface area contributed by atoms with Crippen molar-refractivity contribution in [2.75, 3.05) is 5.32 Å². The third-order valence-electron chi connectivity index (χ3n) is 3.62. The first kappa shape index (κ1) is 15.8. The number of hydrogen-bond donors (Lipinski definition) is 1. The van der Waals surface area contributed by atoms with E-state index in [0.29, 0.717) is 15.7 Å². The number of nitrogens with zero attached hydrogens (tertiary/aromatic N) is 2. The number of aromatic nitrogens is 2. The molecule has 0 radical (unpaired) electrons. The predicted molar refractivity (Wildman–Crippen MR) is 93.5 cm³/mol. The summed E-state index contributed by atoms with van der Waals surface area (Å²) in [7, 11) is 0. The van der Waals surface area contributed by atoms with Crippen LogP contribution in [-0.4, -0.2) is 15.3 Å². The molecule has 1 N–H and O–H groups in total. The molecule has 0 atom stereocenters. The lowest BCUT2D eigenvalue weighted by Gasteiger charge is -2.07. The maximum absolute atomic E-state index is 12.3. The second kappa shape index (κ2) is 6.22. The lowest BCUT2D eigenvalue weighted by atomic mass is 10.2. The van der Waals surface area contributed by atoms with Crippen LogP contribution in [0.4, 0.5) is 5.69 Å². The Hall–Kier alpha value is -2.04. The summed E-state index contributed by atoms with van der Waals surface area (Å²) < 4.78 is 1.95. The average Bonchev–Trinajstić information content (AvgIpc) is 2.76. The molecule has 0 saturated heterocycles. The molecule has 1 amide bonds. The van der Waals surface area contributed by atoms with Crippen LogP contribution in [0.3, 0.4) is 0 Å². The average molecular weight is 348 g/mol. The minimum absolute atomic E-state index is 0.144. The number of carbonyl (C=O) groups is 1. The number of benzene rings is 1. The fourth-order valence-corrected chi connectivity index (χ4v) is 3.09. The van der Waals surface area contributed by atoms with Crippen molar-refractivity contribution < 1.29 is 4.79 Å². The molecule has 1 aromatic carbocycles. The van der Waals surface area contributed by atoms with Crippen LogP contribution >= 0.6 is 23.2 Å². The maximum Gasteiger partial charge on any atom is 0.230 e. The largest absolute Gasteiger partial charge is 0.326 e. The zero-order valence-corrected chi connectivity index (χ0v) is 14.2. The van der Waals surface area contributed by atoms with Crippen LogP contribution in [0.2, 0.25) is 10.0 Å². The van der Waals surface area contributed by atoms with E-state index in [1.165, 1.54) is 0 Å². The number of aryl methyl sites for hydroxylation is 2. The molecular formula is C17H15Cl2N3O. The van der Waals surface area contributed by atoms with Gasteiger partial charge in [-0.2, -0.15) is 0 Å². The van der Waals surface area contributed by atoms with Gasteiger partial charge in [0.25, 0.3) is 0 Å². The first-order valence-electron chi connectivity index (χ1n) is 7.13. The van der Waals surface area contributed by atoms with Crippen LogP contribution in [0.15, 0.2) is 36.5 Å². The zero-order chi connectivity index (χ0) is 16.6. The molecule has 3 rings (SSSR count). The molecular weight excluding hydrogens is 333 g/mol. The number of nitrogens with one attached hydrogen (secondary N) is 1. The Bertz CT molecular complexity index is 882. The van der Waals surface area contributed by atoms with Gasteiger partial charge < -0.3 is 9.72 Å². The Morgan fingerprint density at radius 1 is 1.22 bits per heavy atom. The zero-order valence-electron chi connectivity index (χ0n) is 12.7. The van der Waals surface area contributed by atoms with Gasteiger partial charge in [0.2, 0.25) is 5.91 Å². The molecule has 4 nitrogen and oxygen atoms in total. The first-order valence-corrected chi connectivity index (χ1v) is 7.89. The van der Waals surface area contributed by atoms with Crippen LogP contribution < -0.4 is 5.32 Å². The molecule has 0 aliphatic heterocycles. The van der Waals surface area contributed by atoms with Gasteiger partial charge in [-0.05, 0) is 43.7 Å². The number of fused-ring (bicyclic) bond motifs is 1. The highest BCUT2D eigenvalue weighted by Gasteiger charge is 2.14. The summed E-state index contributed by atoms with van der Waals surface area (Å²) in [4.78, 5) is 16.9. The normalized spacial score (nSPS) is 11.0. The molecule has 118 valence electrons. The fraction of sp³-hybridized carbons (Fsp3) is 0.176. The van der Waals surface area contributed by atoms with E-state index in [-0.39, 0.29) is 12.3 Å². The van der Waals surface area contributed by atoms with Gasteiger partial charge in [-0.15, -0.1) is 0 Å². The van der Waals surface area contributed by atoms with Gasteiger partial charge >= 0.3 is 0 Å². The quantitative estimate of drug-likeness (QED) is 0.761. The van der Waals surface area contributed by atoms with Crippen molar-refractivity contribution in [2.45, 2.75) is 20.3 Å². The summed E-state index contributed by atoms with van der Waals surface area (Å²) in [6, 6.07) is 8.89. The Labute approximate surface area is 144 Å². The number of amides is 1. The van der Waals surface area contributed by atoms with Crippen molar-refractivity contribution >= 4 is 40.4 Å². The van der Waals surface area contributed by atoms with Crippen LogP contribution in [0.5, 0.6) is 0 Å². The van der Waals surface area contributed by atoms with Crippen LogP contribution in [0.1, 0.15) is 17.0 Å². The molecule has 6 heteroatoms. The molecule has 2 aromatic heterocycles. The fourth-order valence-electron chi connectivity index (χ4n) is 2.56. The van der Waals surface area contributed by atoms with E-state index >= 15 is 0 Å². The molecule has 0 saturated carbocycles. The smallest absolute Gasteiger partial charge is 0.230 e. The van der Waals surface area contributed by atoms with Gasteiger partial charge in [-0.25, -0.2) is 4.98 Å². The van der Waals surface area contributed by atoms with E-state index in [4.69, 9.17) is 23.2 Å². The summed E-state index contributed by atoms with van der Waals surface area (Å²) >= 11 is 11.9. The monoisotopic (exact) mass is 347 g/mol. The van der Waals surface area contributed by atoms with Crippen molar-refractivity contribution in [1.82, 2.24) is 9.38 Å². The highest BCUT2D eigenvalue weighted by Crippen LogP contribution is 2.23. The maximum atomic E-state index is 12.3. The second-order valence-corrected chi connectivity index (χ2v) is 6.28. The summed E-state index contributed by atoms with van der Waals surface area (Å²) in [5, 5.41) is 3.78. The Balaban J connectivity index is 1.86. The van der Waals surface area contributed by atoms with Gasteiger partial charge in [-0.1, -0.05) is 29.3 Å². The lowest BCUT2D eigenvalue weighted by molar-refractivity contribution is -0.115. The van der Waals surface area contributed by atoms with Gasteiger partial charge in [0.15, 0.2) is 0 Å². The standard InChI is InChI=1S/C17H15Cl2N3O/c1-10-4-3-5-22-15(11(2)20-17(10)22)9-16(23)21-14-7-12(18)6-13(19)8-14/h3-8H,9H2,1-2H3,(H,21,23). The Kier molecular flexibility index (Phi) is 4.28. The van der Waals surface area contributed by atoms with Crippen LogP contribution in [0.25, 0.3) is 5.65 Å². The molecule has 0 aliphatic carbocycles. The number of carbonyl (C=O) groups excluding carboxylic acids is 1. The molecule has 2 heterocycles. The van der Waals surface area contributed by atoms with E-state index in [0.717, 1.165) is 22.6 Å². The molecule has 23 heavy (non-hydrogen) atoms. The van der Waals surface area contributed by atoms with Gasteiger partial charge in [0.05, 0.1) is 17.8 Å². The molecule has 0 aliphatic rings. The number of anilines is 1. The Morgan fingerprint density at radius 2 is 1.91 bits per heavy atom. The van der Waals surface area contributed by atoms with Crippen molar-refractivity contribution in [1.29, 1.82) is 0 Å². The second-order valence-electron chi connectivity index (χ2n) is 5.41. The van der Waals surface area contributed by atoms with E-state index in [2.05, 4.69) is 10.3 Å². The SMILES string of the molecule is Cc1nc2c(C)cccn2c1CC(=O)Nc1cc(Cl)cc(Cl)c1. The highest BCUT2D eigenvalue weighted by atomic mass is 35.5. The van der Waals surface area contributed by atoms with Gasteiger partial charge in [0.1, 0.15) is 5.65 Å². The number of hydrogen-bond acceptors (Lipinski definition) is 2. The molecule has 0 bridgehead atoms. The van der Waals surface area contributed by atoms with Crippen molar-refractivity contribution in [3.05, 3.63) is 63.5 Å². The molecule has 0 spiro atoms. The van der Waals surface area contributed by atoms with E-state index in [1.807, 2.05) is 36.6 Å². The molecule has 0 unspecified atom stereocenters. The van der Waals surface area contributed by atoms with Crippen molar-refractivity contribution in [2.24, 2.45) is 0 Å². The summed E-state index contributed by atoms with van der Waals surface area (Å²) in [6.45, 7) is 3.91. The summed E-state index contributed by atoms with van der Waals surface area (Å²) in [5.41, 5.74) is 4.24. The third-order valence-corrected chi connectivity index (χ3v) is 4.06. The number of halogens is 2. The number of pyridine rings is 1. The third kappa shape index (κ3) is 3.33. The molecule has 0 fully saturated rings. The van der Waals surface area contributed by atoms with Crippen molar-refractivity contribution in [3.8, 4) is 0 Å². The summed E-state index contributed by atoms with van der Waals surface area (Å²) in [6.07, 6.45) is 2.14. The predicted octanol–water partition coefficient (Wildman–Crippen LogP) is 4.44. The number of rotatable bonds is 3. The van der Waals surface area contributed by atoms with E-state index in [9.17, 15) is 4.79 Å². The summed E-state index contributed by atoms with van der Waals surface area (Å²) in [5.74, 6) is -0.144. The minimum Gasteiger partial charge on any atom is -0.326 e. The van der Waals surface area contributed by atoms with Crippen LogP contribution in [0, 0.1) is 13.8 Å². The lowest BCUT2D eigenvalue weighted by Crippen LogP contribution is -2.16. The topological polar surface area (TPSA) is 46.4 Å².